The Balaban J connectivity index is 0.000000671. The lowest BCUT2D eigenvalue weighted by Crippen LogP contribution is -2.01. The maximum atomic E-state index is 5.48. The summed E-state index contributed by atoms with van der Waals surface area (Å²) in [6.45, 7) is 9.16. The first-order chi connectivity index (χ1) is 6.24. The fourth-order valence-electron chi connectivity index (χ4n) is 0.930. The molecule has 1 aromatic carbocycles. The summed E-state index contributed by atoms with van der Waals surface area (Å²) >= 11 is 0. The largest absolute Gasteiger partial charge is 0.326 e. The molecule has 2 N–H and O–H groups in total. The Hall–Kier alpha value is -0.390. The molecule has 0 atom stereocenters. The molecule has 0 unspecified atom stereocenters. The van der Waals surface area contributed by atoms with E-state index in [1.165, 1.54) is 10.9 Å². The van der Waals surface area contributed by atoms with Crippen molar-refractivity contribution < 1.29 is 0 Å². The summed E-state index contributed by atoms with van der Waals surface area (Å²) in [5, 5.41) is 1.44. The third-order valence-corrected chi connectivity index (χ3v) is 3.02. The van der Waals surface area contributed by atoms with Crippen molar-refractivity contribution >= 4 is 13.2 Å². The molecule has 0 aliphatic rings. The smallest absolute Gasteiger partial charge is 0.0178 e. The van der Waals surface area contributed by atoms with Crippen LogP contribution in [-0.4, -0.2) is 13.3 Å². The van der Waals surface area contributed by atoms with Crippen LogP contribution in [0.3, 0.4) is 0 Å². The number of nitrogens with two attached hydrogens (primary N) is 1. The third kappa shape index (κ3) is 4.40. The fraction of sp³-hybridized carbons (Fsp3) is 0.455. The van der Waals surface area contributed by atoms with Crippen LogP contribution in [0.1, 0.15) is 19.4 Å². The van der Waals surface area contributed by atoms with E-state index in [2.05, 4.69) is 37.6 Å². The van der Waals surface area contributed by atoms with E-state index in [9.17, 15) is 0 Å². The first-order valence-electron chi connectivity index (χ1n) is 4.70. The summed E-state index contributed by atoms with van der Waals surface area (Å²) in [5.41, 5.74) is 6.69. The van der Waals surface area contributed by atoms with Gasteiger partial charge in [-0.2, -0.15) is 0 Å². The van der Waals surface area contributed by atoms with Crippen LogP contribution < -0.4 is 11.0 Å². The topological polar surface area (TPSA) is 26.0 Å². The van der Waals surface area contributed by atoms with E-state index in [1.54, 1.807) is 0 Å². The average molecular weight is 197 g/mol. The van der Waals surface area contributed by atoms with Crippen LogP contribution in [0.5, 0.6) is 0 Å². The number of hydrogen-bond donors (Lipinski definition) is 1. The van der Waals surface area contributed by atoms with E-state index < -0.39 is 0 Å². The quantitative estimate of drug-likeness (QED) is 0.724. The second kappa shape index (κ2) is 7.06. The molecule has 1 aromatic rings. The summed E-state index contributed by atoms with van der Waals surface area (Å²) in [6.07, 6.45) is 0. The van der Waals surface area contributed by atoms with Crippen LogP contribution in [0.25, 0.3) is 0 Å². The Kier molecular flexibility index (Phi) is 6.84. The molecule has 0 spiro atoms. The highest BCUT2D eigenvalue weighted by molar-refractivity contribution is 7.64. The van der Waals surface area contributed by atoms with Crippen molar-refractivity contribution in [1.29, 1.82) is 0 Å². The summed E-state index contributed by atoms with van der Waals surface area (Å²) in [4.78, 5) is 0. The zero-order valence-electron chi connectivity index (χ0n) is 9.04. The van der Waals surface area contributed by atoms with Gasteiger partial charge in [-0.15, -0.1) is 0 Å². The number of rotatable bonds is 2. The van der Waals surface area contributed by atoms with Gasteiger partial charge in [0.25, 0.3) is 0 Å². The molecule has 74 valence electrons. The Morgan fingerprint density at radius 3 is 1.85 bits per heavy atom. The van der Waals surface area contributed by atoms with Gasteiger partial charge >= 0.3 is 0 Å². The van der Waals surface area contributed by atoms with Gasteiger partial charge in [0, 0.05) is 6.54 Å². The van der Waals surface area contributed by atoms with Crippen molar-refractivity contribution in [3.8, 4) is 0 Å². The fourth-order valence-corrected chi connectivity index (χ4v) is 1.68. The Morgan fingerprint density at radius 1 is 1.08 bits per heavy atom. The van der Waals surface area contributed by atoms with Gasteiger partial charge in [-0.1, -0.05) is 46.0 Å². The zero-order chi connectivity index (χ0) is 10.3. The molecule has 0 aliphatic heterocycles. The van der Waals surface area contributed by atoms with Crippen LogP contribution in [0.4, 0.5) is 0 Å². The second-order valence-electron chi connectivity index (χ2n) is 2.76. The van der Waals surface area contributed by atoms with Crippen LogP contribution in [0, 0.1) is 0 Å². The van der Waals surface area contributed by atoms with Crippen molar-refractivity contribution in [2.24, 2.45) is 5.73 Å². The molecule has 0 amide bonds. The van der Waals surface area contributed by atoms with Crippen molar-refractivity contribution in [3.63, 3.8) is 0 Å². The standard InChI is InChI=1S/C9H14NP.C2H6/c1-11(2)9-5-3-8(7-10)4-6-9;1-2/h3-6H,7,10H2,1-2H3;1-2H3. The van der Waals surface area contributed by atoms with Crippen LogP contribution in [0.2, 0.25) is 0 Å². The maximum Gasteiger partial charge on any atom is 0.0178 e. The first kappa shape index (κ1) is 12.6. The predicted molar refractivity (Wildman–Crippen MR) is 64.1 cm³/mol. The molecular weight excluding hydrogens is 177 g/mol. The summed E-state index contributed by atoms with van der Waals surface area (Å²) in [6, 6.07) is 8.57. The van der Waals surface area contributed by atoms with Gasteiger partial charge in [0.1, 0.15) is 0 Å². The third-order valence-electron chi connectivity index (χ3n) is 1.69. The molecule has 13 heavy (non-hydrogen) atoms. The molecule has 0 bridgehead atoms. The van der Waals surface area contributed by atoms with Crippen LogP contribution in [0.15, 0.2) is 24.3 Å². The van der Waals surface area contributed by atoms with Gasteiger partial charge in [-0.25, -0.2) is 0 Å². The lowest BCUT2D eigenvalue weighted by molar-refractivity contribution is 1.07. The maximum absolute atomic E-state index is 5.48. The average Bonchev–Trinajstić information content (AvgIpc) is 2.21. The van der Waals surface area contributed by atoms with Gasteiger partial charge in [-0.05, 0) is 24.2 Å². The van der Waals surface area contributed by atoms with E-state index in [0.717, 1.165) is 0 Å². The molecule has 0 saturated carbocycles. The van der Waals surface area contributed by atoms with E-state index in [4.69, 9.17) is 5.73 Å². The highest BCUT2D eigenvalue weighted by atomic mass is 31.1. The summed E-state index contributed by atoms with van der Waals surface area (Å²) in [5.74, 6) is 0. The highest BCUT2D eigenvalue weighted by Gasteiger charge is 1.96. The normalized spacial score (nSPS) is 9.38. The summed E-state index contributed by atoms with van der Waals surface area (Å²) in [7, 11) is 0.0462. The van der Waals surface area contributed by atoms with Crippen molar-refractivity contribution in [2.75, 3.05) is 13.3 Å². The van der Waals surface area contributed by atoms with Gasteiger partial charge in [-0.3, -0.25) is 0 Å². The molecule has 0 radical (unpaired) electrons. The van der Waals surface area contributed by atoms with Crippen molar-refractivity contribution in [3.05, 3.63) is 29.8 Å². The Bertz CT molecular complexity index is 216. The van der Waals surface area contributed by atoms with Gasteiger partial charge in [0.2, 0.25) is 0 Å². The number of hydrogen-bond acceptors (Lipinski definition) is 1. The SMILES string of the molecule is CC.CP(C)c1ccc(CN)cc1. The lowest BCUT2D eigenvalue weighted by Gasteiger charge is -2.05. The van der Waals surface area contributed by atoms with Gasteiger partial charge in [0.15, 0.2) is 0 Å². The Labute approximate surface area is 83.1 Å². The minimum absolute atomic E-state index is 0.0462. The van der Waals surface area contributed by atoms with Gasteiger partial charge < -0.3 is 5.73 Å². The van der Waals surface area contributed by atoms with E-state index in [-0.39, 0.29) is 7.92 Å². The second-order valence-corrected chi connectivity index (χ2v) is 5.07. The van der Waals surface area contributed by atoms with Crippen LogP contribution >= 0.6 is 7.92 Å². The molecule has 2 heteroatoms. The molecule has 0 fully saturated rings. The minimum atomic E-state index is 0.0462. The molecule has 0 saturated heterocycles. The highest BCUT2D eigenvalue weighted by Crippen LogP contribution is 2.22. The molecule has 1 nitrogen and oxygen atoms in total. The Morgan fingerprint density at radius 2 is 1.54 bits per heavy atom. The number of benzene rings is 1. The van der Waals surface area contributed by atoms with Crippen molar-refractivity contribution in [1.82, 2.24) is 0 Å². The first-order valence-corrected chi connectivity index (χ1v) is 6.94. The lowest BCUT2D eigenvalue weighted by atomic mass is 10.2. The van der Waals surface area contributed by atoms with Gasteiger partial charge in [0.05, 0.1) is 0 Å². The summed E-state index contributed by atoms with van der Waals surface area (Å²) < 4.78 is 0. The molecular formula is C11H20NP. The zero-order valence-corrected chi connectivity index (χ0v) is 9.94. The van der Waals surface area contributed by atoms with E-state index >= 15 is 0 Å². The van der Waals surface area contributed by atoms with Crippen LogP contribution in [-0.2, 0) is 6.54 Å². The molecule has 0 aromatic heterocycles. The van der Waals surface area contributed by atoms with E-state index in [1.807, 2.05) is 13.8 Å². The predicted octanol–water partition coefficient (Wildman–Crippen LogP) is 2.54. The molecule has 0 aliphatic carbocycles. The monoisotopic (exact) mass is 197 g/mol. The van der Waals surface area contributed by atoms with E-state index in [0.29, 0.717) is 6.54 Å². The van der Waals surface area contributed by atoms with Crippen molar-refractivity contribution in [2.45, 2.75) is 20.4 Å². The molecule has 0 heterocycles. The molecule has 1 rings (SSSR count). The minimum Gasteiger partial charge on any atom is -0.326 e.